The first-order valence-electron chi connectivity index (χ1n) is 11.8. The first-order valence-corrected chi connectivity index (χ1v) is 13.0. The minimum absolute atomic E-state index is 0.0896. The zero-order valence-electron chi connectivity index (χ0n) is 20.2. The van der Waals surface area contributed by atoms with Gasteiger partial charge in [-0.15, -0.1) is 11.3 Å². The summed E-state index contributed by atoms with van der Waals surface area (Å²) in [6.07, 6.45) is 1.97. The zero-order valence-corrected chi connectivity index (χ0v) is 21.7. The highest BCUT2D eigenvalue weighted by Crippen LogP contribution is 2.42. The fourth-order valence-electron chi connectivity index (χ4n) is 4.23. The minimum Gasteiger partial charge on any atom is -0.462 e. The fraction of sp³-hybridized carbons (Fsp3) is 0.143. The van der Waals surface area contributed by atoms with Crippen molar-refractivity contribution in [3.05, 3.63) is 99.4 Å². The molecular formula is C28H21ClFN3O4S. The van der Waals surface area contributed by atoms with E-state index in [-0.39, 0.29) is 23.2 Å². The van der Waals surface area contributed by atoms with Crippen molar-refractivity contribution in [1.29, 1.82) is 0 Å². The number of ether oxygens (including phenoxy) is 1. The van der Waals surface area contributed by atoms with Crippen molar-refractivity contribution < 1.29 is 23.5 Å². The molecule has 0 saturated carbocycles. The van der Waals surface area contributed by atoms with Crippen LogP contribution in [0.2, 0.25) is 5.15 Å². The second-order valence-corrected chi connectivity index (χ2v) is 9.84. The maximum atomic E-state index is 14.4. The number of carbonyl (C=O) groups excluding carboxylic acids is 3. The number of benzene rings is 2. The Morgan fingerprint density at radius 1 is 1.13 bits per heavy atom. The third-order valence-electron chi connectivity index (χ3n) is 6.02. The topological polar surface area (TPSA) is 88.6 Å². The molecule has 2 amide bonds. The standard InChI is InChI=1S/C28H21ClFN3O4S/c1-2-37-28(36)23-14-17-11-13-33(22-15-18(30)7-10-20(22)24(17)38-23)27(35)16-5-8-19(9-6-16)32-26(34)21-4-3-12-31-25(21)29/h3-10,12,14-15H,2,11,13H2,1H3,(H,32,34). The monoisotopic (exact) mass is 549 g/mol. The van der Waals surface area contributed by atoms with Crippen molar-refractivity contribution in [2.45, 2.75) is 13.3 Å². The Kier molecular flexibility index (Phi) is 7.22. The number of nitrogens with zero attached hydrogens (tertiary/aromatic N) is 2. The Morgan fingerprint density at radius 3 is 2.66 bits per heavy atom. The molecule has 192 valence electrons. The van der Waals surface area contributed by atoms with Gasteiger partial charge >= 0.3 is 5.97 Å². The average Bonchev–Trinajstić information content (AvgIpc) is 3.27. The van der Waals surface area contributed by atoms with Crippen LogP contribution in [0, 0.1) is 5.82 Å². The van der Waals surface area contributed by atoms with Gasteiger partial charge in [-0.05, 0) is 79.6 Å². The van der Waals surface area contributed by atoms with Crippen LogP contribution in [-0.4, -0.2) is 35.9 Å². The first-order chi connectivity index (χ1) is 18.4. The second-order valence-electron chi connectivity index (χ2n) is 8.43. The first kappa shape index (κ1) is 25.6. The van der Waals surface area contributed by atoms with Crippen LogP contribution in [0.3, 0.4) is 0 Å². The van der Waals surface area contributed by atoms with Gasteiger partial charge in [-0.2, -0.15) is 0 Å². The van der Waals surface area contributed by atoms with Crippen LogP contribution in [0.1, 0.15) is 42.9 Å². The maximum Gasteiger partial charge on any atom is 0.348 e. The summed E-state index contributed by atoms with van der Waals surface area (Å²) in [6, 6.07) is 15.7. The number of hydrogen-bond donors (Lipinski definition) is 1. The van der Waals surface area contributed by atoms with Gasteiger partial charge in [0.2, 0.25) is 0 Å². The predicted molar refractivity (Wildman–Crippen MR) is 145 cm³/mol. The van der Waals surface area contributed by atoms with Crippen molar-refractivity contribution in [2.75, 3.05) is 23.4 Å². The third-order valence-corrected chi connectivity index (χ3v) is 7.52. The molecule has 3 heterocycles. The molecule has 0 unspecified atom stereocenters. The lowest BCUT2D eigenvalue weighted by Gasteiger charge is -2.23. The number of amides is 2. The number of rotatable bonds is 5. The van der Waals surface area contributed by atoms with Crippen LogP contribution in [-0.2, 0) is 11.2 Å². The Hall–Kier alpha value is -4.08. The molecule has 0 atom stereocenters. The van der Waals surface area contributed by atoms with Crippen LogP contribution in [0.15, 0.2) is 66.9 Å². The quantitative estimate of drug-likeness (QED) is 0.235. The summed E-state index contributed by atoms with van der Waals surface area (Å²) in [5.74, 6) is -1.61. The third kappa shape index (κ3) is 5.03. The van der Waals surface area contributed by atoms with Crippen LogP contribution >= 0.6 is 22.9 Å². The highest BCUT2D eigenvalue weighted by molar-refractivity contribution is 7.17. The summed E-state index contributed by atoms with van der Waals surface area (Å²) < 4.78 is 19.5. The van der Waals surface area contributed by atoms with Crippen molar-refractivity contribution in [1.82, 2.24) is 4.98 Å². The fourth-order valence-corrected chi connectivity index (χ4v) is 5.58. The number of hydrogen-bond acceptors (Lipinski definition) is 6. The summed E-state index contributed by atoms with van der Waals surface area (Å²) in [6.45, 7) is 2.30. The number of nitrogens with one attached hydrogen (secondary N) is 1. The van der Waals surface area contributed by atoms with Crippen molar-refractivity contribution in [3.63, 3.8) is 0 Å². The van der Waals surface area contributed by atoms with Gasteiger partial charge in [-0.3, -0.25) is 9.59 Å². The van der Waals surface area contributed by atoms with Gasteiger partial charge < -0.3 is 15.0 Å². The second kappa shape index (κ2) is 10.7. The van der Waals surface area contributed by atoms with E-state index in [0.717, 1.165) is 10.4 Å². The average molecular weight is 550 g/mol. The van der Waals surface area contributed by atoms with Gasteiger partial charge in [0.15, 0.2) is 0 Å². The van der Waals surface area contributed by atoms with E-state index in [1.54, 1.807) is 55.5 Å². The molecule has 7 nitrogen and oxygen atoms in total. The summed E-state index contributed by atoms with van der Waals surface area (Å²) >= 11 is 7.27. The van der Waals surface area contributed by atoms with Crippen molar-refractivity contribution in [3.8, 4) is 10.4 Å². The van der Waals surface area contributed by atoms with E-state index in [1.165, 1.54) is 34.6 Å². The van der Waals surface area contributed by atoms with Crippen LogP contribution < -0.4 is 10.2 Å². The molecule has 1 aliphatic rings. The molecule has 0 fully saturated rings. The summed E-state index contributed by atoms with van der Waals surface area (Å²) in [7, 11) is 0. The molecule has 5 rings (SSSR count). The van der Waals surface area contributed by atoms with E-state index in [1.807, 2.05) is 0 Å². The number of aromatic nitrogens is 1. The zero-order chi connectivity index (χ0) is 26.8. The summed E-state index contributed by atoms with van der Waals surface area (Å²) in [5, 5.41) is 2.82. The van der Waals surface area contributed by atoms with Gasteiger partial charge in [0, 0.05) is 34.4 Å². The van der Waals surface area contributed by atoms with Gasteiger partial charge in [0.05, 0.1) is 17.9 Å². The van der Waals surface area contributed by atoms with Crippen LogP contribution in [0.4, 0.5) is 15.8 Å². The van der Waals surface area contributed by atoms with Crippen LogP contribution in [0.25, 0.3) is 10.4 Å². The lowest BCUT2D eigenvalue weighted by Crippen LogP contribution is -2.32. The lowest BCUT2D eigenvalue weighted by atomic mass is 10.1. The van der Waals surface area contributed by atoms with E-state index in [9.17, 15) is 18.8 Å². The normalized spacial score (nSPS) is 12.2. The Morgan fingerprint density at radius 2 is 1.92 bits per heavy atom. The Labute approximate surface area is 226 Å². The molecule has 2 aromatic carbocycles. The molecule has 0 aliphatic carbocycles. The Balaban J connectivity index is 1.41. The summed E-state index contributed by atoms with van der Waals surface area (Å²) in [5.41, 5.74) is 3.07. The number of fused-ring (bicyclic) bond motifs is 3. The molecule has 2 aromatic heterocycles. The molecule has 0 radical (unpaired) electrons. The van der Waals surface area contributed by atoms with E-state index in [0.29, 0.717) is 40.3 Å². The number of thiophene rings is 1. The minimum atomic E-state index is -0.473. The number of carbonyl (C=O) groups is 3. The van der Waals surface area contributed by atoms with Gasteiger partial charge in [-0.25, -0.2) is 14.2 Å². The van der Waals surface area contributed by atoms with E-state index < -0.39 is 17.7 Å². The highest BCUT2D eigenvalue weighted by atomic mass is 35.5. The SMILES string of the molecule is CCOC(=O)c1cc2c(s1)-c1ccc(F)cc1N(C(=O)c1ccc(NC(=O)c3cccnc3Cl)cc1)CC2. The Bertz CT molecular complexity index is 1550. The van der Waals surface area contributed by atoms with E-state index in [2.05, 4.69) is 10.3 Å². The molecular weight excluding hydrogens is 529 g/mol. The van der Waals surface area contributed by atoms with Crippen LogP contribution in [0.5, 0.6) is 0 Å². The number of esters is 1. The molecule has 0 bridgehead atoms. The molecule has 1 aliphatic heterocycles. The molecule has 4 aromatic rings. The molecule has 38 heavy (non-hydrogen) atoms. The van der Waals surface area contributed by atoms with Gasteiger partial charge in [0.1, 0.15) is 15.8 Å². The molecule has 1 N–H and O–H groups in total. The van der Waals surface area contributed by atoms with E-state index >= 15 is 0 Å². The molecule has 10 heteroatoms. The number of anilines is 2. The van der Waals surface area contributed by atoms with Crippen molar-refractivity contribution >= 4 is 52.1 Å². The lowest BCUT2D eigenvalue weighted by molar-refractivity contribution is 0.0531. The van der Waals surface area contributed by atoms with Gasteiger partial charge in [0.25, 0.3) is 11.8 Å². The van der Waals surface area contributed by atoms with Gasteiger partial charge in [-0.1, -0.05) is 11.6 Å². The smallest absolute Gasteiger partial charge is 0.348 e. The van der Waals surface area contributed by atoms with E-state index in [4.69, 9.17) is 16.3 Å². The maximum absolute atomic E-state index is 14.4. The predicted octanol–water partition coefficient (Wildman–Crippen LogP) is 6.23. The highest BCUT2D eigenvalue weighted by Gasteiger charge is 2.28. The molecule has 0 saturated heterocycles. The summed E-state index contributed by atoms with van der Waals surface area (Å²) in [4.78, 5) is 45.1. The number of halogens is 2. The van der Waals surface area contributed by atoms with Crippen molar-refractivity contribution in [2.24, 2.45) is 0 Å². The molecule has 0 spiro atoms. The number of pyridine rings is 1. The largest absolute Gasteiger partial charge is 0.462 e.